The molecule has 0 aliphatic rings. The van der Waals surface area contributed by atoms with Crippen LogP contribution in [0.15, 0.2) is 5.03 Å². The predicted octanol–water partition coefficient (Wildman–Crippen LogP) is 0.475. The number of nitrogens with zero attached hydrogens (tertiary/aromatic N) is 1. The zero-order chi connectivity index (χ0) is 10.7. The first-order valence-corrected chi connectivity index (χ1v) is 5.01. The Hall–Kier alpha value is -1.21. The van der Waals surface area contributed by atoms with Gasteiger partial charge in [-0.25, -0.2) is 9.00 Å². The summed E-state index contributed by atoms with van der Waals surface area (Å²) < 4.78 is 24.3. The van der Waals surface area contributed by atoms with E-state index in [1.54, 1.807) is 13.8 Å². The number of carbonyl (C=O) groups is 1. The third-order valence-corrected chi connectivity index (χ3v) is 2.19. The van der Waals surface area contributed by atoms with Gasteiger partial charge in [0.1, 0.15) is 5.56 Å². The highest BCUT2D eigenvalue weighted by atomic mass is 32.2. The Kier molecular flexibility index (Phi) is 3.37. The molecule has 0 radical (unpaired) electrons. The average Bonchev–Trinajstić information content (AvgIpc) is 2.47. The minimum absolute atomic E-state index is 0.0349. The number of H-pyrrole nitrogens is 1. The first kappa shape index (κ1) is 10.9. The minimum Gasteiger partial charge on any atom is -0.462 e. The van der Waals surface area contributed by atoms with Crippen molar-refractivity contribution in [2.45, 2.75) is 18.9 Å². The molecule has 14 heavy (non-hydrogen) atoms. The zero-order valence-electron chi connectivity index (χ0n) is 7.73. The SMILES string of the molecule is CCOC(=O)c1c(S(=O)O)n[nH]c1C. The van der Waals surface area contributed by atoms with E-state index in [1.165, 1.54) is 0 Å². The van der Waals surface area contributed by atoms with Crippen LogP contribution in [0.3, 0.4) is 0 Å². The molecule has 0 aliphatic carbocycles. The molecule has 1 aromatic rings. The Bertz CT molecular complexity index is 374. The number of nitrogens with one attached hydrogen (secondary N) is 1. The van der Waals surface area contributed by atoms with Crippen LogP contribution in [0.5, 0.6) is 0 Å². The van der Waals surface area contributed by atoms with Gasteiger partial charge in [-0.15, -0.1) is 0 Å². The van der Waals surface area contributed by atoms with Crippen molar-refractivity contribution in [3.63, 3.8) is 0 Å². The molecule has 6 nitrogen and oxygen atoms in total. The second-order valence-electron chi connectivity index (χ2n) is 2.50. The summed E-state index contributed by atoms with van der Waals surface area (Å²) in [6.45, 7) is 3.44. The van der Waals surface area contributed by atoms with E-state index in [2.05, 4.69) is 10.2 Å². The number of carbonyl (C=O) groups excluding carboxylic acids is 1. The Labute approximate surface area is 82.9 Å². The molecule has 0 spiro atoms. The molecule has 0 amide bonds. The molecule has 1 heterocycles. The second-order valence-corrected chi connectivity index (χ2v) is 3.38. The Morgan fingerprint density at radius 2 is 2.36 bits per heavy atom. The van der Waals surface area contributed by atoms with Gasteiger partial charge >= 0.3 is 5.97 Å². The van der Waals surface area contributed by atoms with Crippen LogP contribution in [-0.2, 0) is 15.8 Å². The molecule has 78 valence electrons. The number of esters is 1. The normalized spacial score (nSPS) is 12.5. The van der Waals surface area contributed by atoms with Gasteiger partial charge < -0.3 is 9.29 Å². The standard InChI is InChI=1S/C7H10N2O4S/c1-3-13-7(10)5-4(2)8-9-6(5)14(11)12/h3H2,1-2H3,(H,8,9)(H,11,12). The molecule has 0 saturated carbocycles. The number of hydrogen-bond donors (Lipinski definition) is 2. The molecule has 1 rings (SSSR count). The van der Waals surface area contributed by atoms with E-state index < -0.39 is 17.0 Å². The summed E-state index contributed by atoms with van der Waals surface area (Å²) in [7, 11) is 0. The van der Waals surface area contributed by atoms with Crippen molar-refractivity contribution < 1.29 is 18.3 Å². The van der Waals surface area contributed by atoms with Crippen LogP contribution in [0.25, 0.3) is 0 Å². The fourth-order valence-electron chi connectivity index (χ4n) is 0.977. The van der Waals surface area contributed by atoms with E-state index in [4.69, 9.17) is 9.29 Å². The van der Waals surface area contributed by atoms with E-state index in [-0.39, 0.29) is 17.2 Å². The molecule has 0 saturated heterocycles. The summed E-state index contributed by atoms with van der Waals surface area (Å²) in [4.78, 5) is 11.3. The lowest BCUT2D eigenvalue weighted by molar-refractivity contribution is 0.0521. The minimum atomic E-state index is -2.29. The smallest absolute Gasteiger partial charge is 0.342 e. The molecular weight excluding hydrogens is 208 g/mol. The van der Waals surface area contributed by atoms with Crippen LogP contribution in [0, 0.1) is 6.92 Å². The lowest BCUT2D eigenvalue weighted by atomic mass is 10.3. The molecule has 7 heteroatoms. The van der Waals surface area contributed by atoms with Crippen molar-refractivity contribution in [2.75, 3.05) is 6.61 Å². The van der Waals surface area contributed by atoms with E-state index in [0.29, 0.717) is 5.69 Å². The topological polar surface area (TPSA) is 92.3 Å². The summed E-state index contributed by atoms with van der Waals surface area (Å²) in [6, 6.07) is 0. The average molecular weight is 218 g/mol. The maximum absolute atomic E-state index is 11.3. The third kappa shape index (κ3) is 1.99. The number of hydrogen-bond acceptors (Lipinski definition) is 4. The fraction of sp³-hybridized carbons (Fsp3) is 0.429. The second kappa shape index (κ2) is 4.34. The quantitative estimate of drug-likeness (QED) is 0.568. The highest BCUT2D eigenvalue weighted by molar-refractivity contribution is 7.79. The number of aromatic amines is 1. The van der Waals surface area contributed by atoms with Gasteiger partial charge in [-0.1, -0.05) is 0 Å². The fourth-order valence-corrected chi connectivity index (χ4v) is 1.51. The van der Waals surface area contributed by atoms with Crippen molar-refractivity contribution in [2.24, 2.45) is 0 Å². The van der Waals surface area contributed by atoms with E-state index >= 15 is 0 Å². The van der Waals surface area contributed by atoms with Gasteiger partial charge in [0.05, 0.1) is 6.61 Å². The van der Waals surface area contributed by atoms with Gasteiger partial charge in [-0.05, 0) is 13.8 Å². The van der Waals surface area contributed by atoms with E-state index in [9.17, 15) is 9.00 Å². The first-order valence-electron chi connectivity index (χ1n) is 3.90. The van der Waals surface area contributed by atoms with Crippen LogP contribution >= 0.6 is 0 Å². The van der Waals surface area contributed by atoms with Gasteiger partial charge in [0, 0.05) is 5.69 Å². The van der Waals surface area contributed by atoms with Gasteiger partial charge in [0.2, 0.25) is 11.1 Å². The van der Waals surface area contributed by atoms with Crippen LogP contribution in [0.1, 0.15) is 23.0 Å². The van der Waals surface area contributed by atoms with Crippen LogP contribution in [-0.4, -0.2) is 31.5 Å². The molecule has 2 N–H and O–H groups in total. The van der Waals surface area contributed by atoms with E-state index in [1.807, 2.05) is 0 Å². The molecule has 1 aromatic heterocycles. The van der Waals surface area contributed by atoms with Gasteiger partial charge in [-0.2, -0.15) is 5.10 Å². The highest BCUT2D eigenvalue weighted by Crippen LogP contribution is 2.14. The summed E-state index contributed by atoms with van der Waals surface area (Å²) >= 11 is -2.29. The zero-order valence-corrected chi connectivity index (χ0v) is 8.55. The van der Waals surface area contributed by atoms with Gasteiger partial charge in [0.15, 0.2) is 5.03 Å². The summed E-state index contributed by atoms with van der Waals surface area (Å²) in [5.74, 6) is -0.642. The van der Waals surface area contributed by atoms with Crippen molar-refractivity contribution in [3.8, 4) is 0 Å². The number of aryl methyl sites for hydroxylation is 1. The molecular formula is C7H10N2O4S. The Morgan fingerprint density at radius 1 is 1.71 bits per heavy atom. The molecule has 0 fully saturated rings. The van der Waals surface area contributed by atoms with Crippen LogP contribution in [0.4, 0.5) is 0 Å². The molecule has 0 bridgehead atoms. The van der Waals surface area contributed by atoms with Gasteiger partial charge in [0.25, 0.3) is 0 Å². The highest BCUT2D eigenvalue weighted by Gasteiger charge is 2.22. The lowest BCUT2D eigenvalue weighted by Crippen LogP contribution is -2.08. The number of rotatable bonds is 3. The van der Waals surface area contributed by atoms with Crippen LogP contribution in [0.2, 0.25) is 0 Å². The molecule has 0 aromatic carbocycles. The summed E-state index contributed by atoms with van der Waals surface area (Å²) in [6.07, 6.45) is 0. The number of ether oxygens (including phenoxy) is 1. The van der Waals surface area contributed by atoms with Crippen molar-refractivity contribution >= 4 is 17.0 Å². The number of aromatic nitrogens is 2. The Balaban J connectivity index is 3.11. The monoisotopic (exact) mass is 218 g/mol. The molecule has 0 aliphatic heterocycles. The Morgan fingerprint density at radius 3 is 2.86 bits per heavy atom. The molecule has 1 atom stereocenters. The van der Waals surface area contributed by atoms with Crippen molar-refractivity contribution in [3.05, 3.63) is 11.3 Å². The van der Waals surface area contributed by atoms with Crippen LogP contribution < -0.4 is 0 Å². The largest absolute Gasteiger partial charge is 0.462 e. The van der Waals surface area contributed by atoms with E-state index in [0.717, 1.165) is 0 Å². The lowest BCUT2D eigenvalue weighted by Gasteiger charge is -2.00. The third-order valence-electron chi connectivity index (χ3n) is 1.56. The summed E-state index contributed by atoms with van der Waals surface area (Å²) in [5.41, 5.74) is 0.452. The maximum atomic E-state index is 11.3. The van der Waals surface area contributed by atoms with Crippen molar-refractivity contribution in [1.29, 1.82) is 0 Å². The van der Waals surface area contributed by atoms with Crippen molar-refractivity contribution in [1.82, 2.24) is 10.2 Å². The maximum Gasteiger partial charge on any atom is 0.342 e. The van der Waals surface area contributed by atoms with Gasteiger partial charge in [-0.3, -0.25) is 5.10 Å². The molecule has 1 unspecified atom stereocenters. The first-order chi connectivity index (χ1) is 6.57. The summed E-state index contributed by atoms with van der Waals surface area (Å²) in [5, 5.41) is 5.80. The predicted molar refractivity (Wildman–Crippen MR) is 48.3 cm³/mol.